The van der Waals surface area contributed by atoms with Crippen LogP contribution in [-0.4, -0.2) is 6.01 Å². The van der Waals surface area contributed by atoms with Gasteiger partial charge < -0.3 is 4.98 Å². The molecule has 0 radical (unpaired) electrons. The van der Waals surface area contributed by atoms with E-state index in [1.165, 1.54) is 94.7 Å². The number of hydrogen-bond donors (Lipinski definition) is 0. The minimum absolute atomic E-state index is 0. The maximum Gasteiger partial charge on any atom is 1.00 e. The summed E-state index contributed by atoms with van der Waals surface area (Å²) in [4.78, 5) is 4.80. The predicted molar refractivity (Wildman–Crippen MR) is 194 cm³/mol. The van der Waals surface area contributed by atoms with Crippen LogP contribution in [0.15, 0.2) is 66.7 Å². The van der Waals surface area contributed by atoms with Gasteiger partial charge in [-0.05, 0) is 119 Å². The van der Waals surface area contributed by atoms with E-state index in [9.17, 15) is 0 Å². The molecule has 0 aliphatic carbocycles. The molecule has 1 aliphatic heterocycles. The number of hydrogen-bond acceptors (Lipinski definition) is 0. The van der Waals surface area contributed by atoms with Crippen molar-refractivity contribution in [3.63, 3.8) is 0 Å². The number of aryl methyl sites for hydroxylation is 11. The number of fused-ring (bicyclic) bond motifs is 4. The van der Waals surface area contributed by atoms with E-state index in [1.807, 2.05) is 0 Å². The SMILES string of the molecule is Cc1cc(C)c([N+]2=C=[N+](c3c(C)cccc3C)c3cc(C)c(C)cc32)c(C)c1.Cc1cc(C)c2[n-]c3c(C)cc(C)cc3c2c1.[Au+]. The van der Waals surface area contributed by atoms with Gasteiger partial charge in [0.05, 0.1) is 0 Å². The van der Waals surface area contributed by atoms with Crippen molar-refractivity contribution in [1.29, 1.82) is 0 Å². The number of aromatic nitrogens is 1. The minimum Gasteiger partial charge on any atom is -0.656 e. The third kappa shape index (κ3) is 5.85. The van der Waals surface area contributed by atoms with E-state index in [-0.39, 0.29) is 22.4 Å². The average molecular weight is 788 g/mol. The van der Waals surface area contributed by atoms with E-state index in [1.54, 1.807) is 0 Å². The zero-order chi connectivity index (χ0) is 32.3. The molecule has 3 nitrogen and oxygen atoms in total. The van der Waals surface area contributed by atoms with E-state index in [0.29, 0.717) is 0 Å². The summed E-state index contributed by atoms with van der Waals surface area (Å²) in [6.45, 7) is 23.8. The van der Waals surface area contributed by atoms with Gasteiger partial charge in [0.25, 0.3) is 11.4 Å². The molecule has 5 aromatic carbocycles. The van der Waals surface area contributed by atoms with Crippen molar-refractivity contribution in [2.75, 3.05) is 0 Å². The third-order valence-electron chi connectivity index (χ3n) is 9.20. The van der Waals surface area contributed by atoms with Gasteiger partial charge in [0, 0.05) is 34.4 Å². The Morgan fingerprint density at radius 2 is 0.804 bits per heavy atom. The first-order valence-corrected chi connectivity index (χ1v) is 15.9. The van der Waals surface area contributed by atoms with E-state index >= 15 is 0 Å². The fourth-order valence-corrected chi connectivity index (χ4v) is 7.12. The topological polar surface area (TPSA) is 20.1 Å². The smallest absolute Gasteiger partial charge is 0.656 e. The van der Waals surface area contributed by atoms with Crippen LogP contribution in [0, 0.1) is 76.2 Å². The zero-order valence-corrected chi connectivity index (χ0v) is 31.2. The molecule has 2 heterocycles. The summed E-state index contributed by atoms with van der Waals surface area (Å²) in [6.07, 6.45) is 0. The van der Waals surface area contributed by atoms with Crippen molar-refractivity contribution in [2.24, 2.45) is 0 Å². The Morgan fingerprint density at radius 3 is 1.24 bits per heavy atom. The molecule has 0 saturated heterocycles. The Bertz CT molecular complexity index is 2150. The van der Waals surface area contributed by atoms with Crippen LogP contribution in [0.25, 0.3) is 21.8 Å². The molecule has 236 valence electrons. The van der Waals surface area contributed by atoms with E-state index in [0.717, 1.165) is 11.0 Å². The van der Waals surface area contributed by atoms with Crippen LogP contribution in [0.3, 0.4) is 0 Å². The van der Waals surface area contributed by atoms with Gasteiger partial charge in [-0.1, -0.05) is 70.3 Å². The summed E-state index contributed by atoms with van der Waals surface area (Å²) in [5, 5.41) is 2.59. The molecular formula is C42H44AuN3+2. The molecule has 0 atom stereocenters. The number of benzene rings is 5. The maximum absolute atomic E-state index is 4.80. The van der Waals surface area contributed by atoms with Crippen LogP contribution in [0.1, 0.15) is 61.2 Å². The summed E-state index contributed by atoms with van der Waals surface area (Å²) in [6, 6.07) is 28.2. The Balaban J connectivity index is 0.000000198. The van der Waals surface area contributed by atoms with Crippen LogP contribution < -0.4 is 14.1 Å². The second kappa shape index (κ2) is 12.7. The van der Waals surface area contributed by atoms with E-state index < -0.39 is 0 Å². The third-order valence-corrected chi connectivity index (χ3v) is 9.20. The number of nitrogens with zero attached hydrogens (tertiary/aromatic N) is 3. The quantitative estimate of drug-likeness (QED) is 0.126. The van der Waals surface area contributed by atoms with Gasteiger partial charge in [0.1, 0.15) is 0 Å². The molecule has 0 saturated carbocycles. The number of para-hydroxylation sites is 1. The van der Waals surface area contributed by atoms with Crippen molar-refractivity contribution in [3.05, 3.63) is 128 Å². The van der Waals surface area contributed by atoms with Gasteiger partial charge in [-0.15, -0.1) is 11.0 Å². The molecule has 0 unspecified atom stereocenters. The van der Waals surface area contributed by atoms with E-state index in [2.05, 4.69) is 158 Å². The van der Waals surface area contributed by atoms with Crippen LogP contribution >= 0.6 is 0 Å². The van der Waals surface area contributed by atoms with E-state index in [4.69, 9.17) is 4.98 Å². The van der Waals surface area contributed by atoms with Gasteiger partial charge in [-0.25, -0.2) is 0 Å². The molecule has 4 heteroatoms. The summed E-state index contributed by atoms with van der Waals surface area (Å²) in [5.41, 5.74) is 21.3. The van der Waals surface area contributed by atoms with Crippen LogP contribution in [0.4, 0.5) is 22.7 Å². The summed E-state index contributed by atoms with van der Waals surface area (Å²) < 4.78 is 4.49. The van der Waals surface area contributed by atoms with Crippen molar-refractivity contribution < 1.29 is 22.4 Å². The average Bonchev–Trinajstić information content (AvgIpc) is 3.48. The first-order chi connectivity index (χ1) is 21.3. The van der Waals surface area contributed by atoms with Crippen molar-refractivity contribution >= 4 is 50.6 Å². The van der Waals surface area contributed by atoms with Gasteiger partial charge in [0.2, 0.25) is 11.4 Å². The second-order valence-corrected chi connectivity index (χ2v) is 13.3. The first kappa shape index (κ1) is 33.4. The fraction of sp³-hybridized carbons (Fsp3) is 0.262. The monoisotopic (exact) mass is 787 g/mol. The molecule has 1 aliphatic rings. The molecule has 46 heavy (non-hydrogen) atoms. The summed E-state index contributed by atoms with van der Waals surface area (Å²) in [7, 11) is 0. The molecule has 0 amide bonds. The molecule has 7 rings (SSSR count). The van der Waals surface area contributed by atoms with Crippen LogP contribution in [0.2, 0.25) is 0 Å². The molecule has 0 N–H and O–H groups in total. The number of rotatable bonds is 2. The normalized spacial score (nSPS) is 12.0. The van der Waals surface area contributed by atoms with Crippen molar-refractivity contribution in [1.82, 2.24) is 14.1 Å². The molecule has 0 spiro atoms. The molecular weight excluding hydrogens is 743 g/mol. The van der Waals surface area contributed by atoms with Crippen LogP contribution in [0.5, 0.6) is 0 Å². The molecule has 1 aromatic heterocycles. The van der Waals surface area contributed by atoms with Gasteiger partial charge >= 0.3 is 28.4 Å². The summed E-state index contributed by atoms with van der Waals surface area (Å²) in [5.74, 6) is 0. The molecule has 0 bridgehead atoms. The molecule has 0 fully saturated rings. The predicted octanol–water partition coefficient (Wildman–Crippen LogP) is 10.9. The summed E-state index contributed by atoms with van der Waals surface area (Å²) >= 11 is 0. The van der Waals surface area contributed by atoms with Crippen molar-refractivity contribution in [2.45, 2.75) is 76.2 Å². The molecule has 6 aromatic rings. The maximum atomic E-state index is 4.80. The largest absolute Gasteiger partial charge is 1.00 e. The fourth-order valence-electron chi connectivity index (χ4n) is 7.12. The van der Waals surface area contributed by atoms with Gasteiger partial charge in [0.15, 0.2) is 0 Å². The Kier molecular flexibility index (Phi) is 9.19. The van der Waals surface area contributed by atoms with Crippen LogP contribution in [-0.2, 0) is 22.4 Å². The Hall–Kier alpha value is -3.98. The Labute approximate surface area is 289 Å². The second-order valence-electron chi connectivity index (χ2n) is 13.3. The van der Waals surface area contributed by atoms with Crippen molar-refractivity contribution in [3.8, 4) is 0 Å². The Morgan fingerprint density at radius 1 is 0.435 bits per heavy atom. The van der Waals surface area contributed by atoms with Gasteiger partial charge in [-0.2, -0.15) is 0 Å². The minimum atomic E-state index is 0. The standard InChI is InChI=1S/C26H28N2.C16H16N.Au/c1-16-11-21(6)26(22(7)12-16)28-15-27(25-17(2)9-8-10-18(25)3)23-13-19(4)20(5)14-24(23)28;1-9-5-11(3)15-13(7-9)14-8-10(2)6-12(4)16(14)17-15;/h8-14H,1-7H3;5-8H,1-4H3;/q+2;-1;+1. The van der Waals surface area contributed by atoms with Gasteiger partial charge in [-0.3, -0.25) is 0 Å². The zero-order valence-electron chi connectivity index (χ0n) is 29.0. The first-order valence-electron chi connectivity index (χ1n) is 15.9.